The first kappa shape index (κ1) is 22.4. The summed E-state index contributed by atoms with van der Waals surface area (Å²) in [6, 6.07) is 7.14. The number of nitrogens with zero attached hydrogens (tertiary/aromatic N) is 3. The zero-order valence-corrected chi connectivity index (χ0v) is 18.7. The van der Waals surface area contributed by atoms with Crippen LogP contribution >= 0.6 is 0 Å². The molecule has 1 fully saturated rings. The second-order valence-electron chi connectivity index (χ2n) is 8.34. The number of hydrazone groups is 1. The maximum atomic E-state index is 12.5. The highest BCUT2D eigenvalue weighted by Crippen LogP contribution is 2.25. The van der Waals surface area contributed by atoms with Crippen LogP contribution in [0.5, 0.6) is 0 Å². The SMILES string of the molecule is Cc1ccc(C)c(N2N=C(C(=O)OCC(=O)c3c[nH]c(C(=O)N4CCCC4)c3)CCC2=O)c1. The van der Waals surface area contributed by atoms with E-state index in [0.29, 0.717) is 24.5 Å². The highest BCUT2D eigenvalue weighted by molar-refractivity contribution is 6.38. The van der Waals surface area contributed by atoms with Gasteiger partial charge in [0.1, 0.15) is 11.4 Å². The smallest absolute Gasteiger partial charge is 0.354 e. The Labute approximate surface area is 191 Å². The lowest BCUT2D eigenvalue weighted by Gasteiger charge is -2.24. The molecule has 0 radical (unpaired) electrons. The Hall–Kier alpha value is -3.75. The van der Waals surface area contributed by atoms with Crippen molar-refractivity contribution < 1.29 is 23.9 Å². The van der Waals surface area contributed by atoms with Crippen molar-refractivity contribution >= 4 is 35.0 Å². The largest absolute Gasteiger partial charge is 0.453 e. The molecule has 1 saturated heterocycles. The van der Waals surface area contributed by atoms with E-state index in [4.69, 9.17) is 4.74 Å². The van der Waals surface area contributed by atoms with Crippen LogP contribution in [0.1, 0.15) is 57.7 Å². The number of ether oxygens (including phenoxy) is 1. The lowest BCUT2D eigenvalue weighted by molar-refractivity contribution is -0.134. The number of aryl methyl sites for hydroxylation is 2. The number of aromatic amines is 1. The van der Waals surface area contributed by atoms with Crippen molar-refractivity contribution in [3.63, 3.8) is 0 Å². The molecule has 3 heterocycles. The summed E-state index contributed by atoms with van der Waals surface area (Å²) in [5.74, 6) is -1.52. The Morgan fingerprint density at radius 3 is 2.61 bits per heavy atom. The third kappa shape index (κ3) is 4.87. The number of carbonyl (C=O) groups is 4. The number of Topliss-reactive ketones (excluding diaryl/α,β-unsaturated/α-hetero) is 1. The van der Waals surface area contributed by atoms with Crippen molar-refractivity contribution in [1.29, 1.82) is 0 Å². The van der Waals surface area contributed by atoms with Crippen LogP contribution in [-0.4, -0.2) is 58.9 Å². The van der Waals surface area contributed by atoms with Gasteiger partial charge in [0, 0.05) is 37.7 Å². The molecule has 0 aliphatic carbocycles. The number of amides is 2. The zero-order chi connectivity index (χ0) is 23.5. The number of likely N-dealkylation sites (tertiary alicyclic amines) is 1. The number of rotatable bonds is 6. The van der Waals surface area contributed by atoms with E-state index in [2.05, 4.69) is 10.1 Å². The van der Waals surface area contributed by atoms with Crippen molar-refractivity contribution in [3.8, 4) is 0 Å². The van der Waals surface area contributed by atoms with Crippen LogP contribution in [0.25, 0.3) is 0 Å². The second-order valence-corrected chi connectivity index (χ2v) is 8.34. The van der Waals surface area contributed by atoms with E-state index in [1.165, 1.54) is 17.3 Å². The molecule has 0 atom stereocenters. The van der Waals surface area contributed by atoms with Crippen molar-refractivity contribution in [3.05, 3.63) is 52.8 Å². The standard InChI is InChI=1S/C24H26N4O5/c1-15-5-6-16(2)20(11-15)28-22(30)8-7-18(26-28)24(32)33-14-21(29)17-12-19(25-13-17)23(31)27-9-3-4-10-27/h5-6,11-13,25H,3-4,7-10,14H2,1-2H3. The lowest BCUT2D eigenvalue weighted by atomic mass is 10.1. The maximum absolute atomic E-state index is 12.5. The van der Waals surface area contributed by atoms with Gasteiger partial charge in [-0.25, -0.2) is 4.79 Å². The molecular formula is C24H26N4O5. The quantitative estimate of drug-likeness (QED) is 0.537. The van der Waals surface area contributed by atoms with Gasteiger partial charge in [0.05, 0.1) is 5.69 Å². The van der Waals surface area contributed by atoms with Crippen LogP contribution in [0.15, 0.2) is 35.6 Å². The normalized spacial score (nSPS) is 16.1. The molecule has 1 aromatic carbocycles. The molecule has 0 unspecified atom stereocenters. The minimum atomic E-state index is -0.741. The van der Waals surface area contributed by atoms with Crippen molar-refractivity contribution in [2.45, 2.75) is 39.5 Å². The fraction of sp³-hybridized carbons (Fsp3) is 0.375. The number of hydrogen-bond acceptors (Lipinski definition) is 6. The van der Waals surface area contributed by atoms with Crippen LogP contribution in [0.4, 0.5) is 5.69 Å². The summed E-state index contributed by atoms with van der Waals surface area (Å²) >= 11 is 0. The van der Waals surface area contributed by atoms with Gasteiger partial charge in [0.15, 0.2) is 6.61 Å². The number of esters is 1. The van der Waals surface area contributed by atoms with Gasteiger partial charge in [-0.05, 0) is 49.9 Å². The van der Waals surface area contributed by atoms with Gasteiger partial charge in [-0.1, -0.05) is 12.1 Å². The number of H-pyrrole nitrogens is 1. The monoisotopic (exact) mass is 450 g/mol. The van der Waals surface area contributed by atoms with Gasteiger partial charge in [0.25, 0.3) is 5.91 Å². The topological polar surface area (TPSA) is 112 Å². The Morgan fingerprint density at radius 2 is 1.85 bits per heavy atom. The number of nitrogens with one attached hydrogen (secondary N) is 1. The van der Waals surface area contributed by atoms with Crippen molar-refractivity contribution in [2.75, 3.05) is 24.7 Å². The van der Waals surface area contributed by atoms with Crippen LogP contribution in [-0.2, 0) is 14.3 Å². The minimum Gasteiger partial charge on any atom is -0.453 e. The molecule has 1 aromatic heterocycles. The molecular weight excluding hydrogens is 424 g/mol. The Morgan fingerprint density at radius 1 is 1.09 bits per heavy atom. The van der Waals surface area contributed by atoms with Crippen LogP contribution in [0.2, 0.25) is 0 Å². The molecule has 172 valence electrons. The molecule has 9 heteroatoms. The van der Waals surface area contributed by atoms with Gasteiger partial charge < -0.3 is 14.6 Å². The van der Waals surface area contributed by atoms with E-state index >= 15 is 0 Å². The molecule has 9 nitrogen and oxygen atoms in total. The van der Waals surface area contributed by atoms with Gasteiger partial charge in [0.2, 0.25) is 11.7 Å². The number of benzene rings is 1. The van der Waals surface area contributed by atoms with Gasteiger partial charge in [-0.3, -0.25) is 14.4 Å². The molecule has 1 N–H and O–H groups in total. The summed E-state index contributed by atoms with van der Waals surface area (Å²) in [6.45, 7) is 4.71. The molecule has 0 bridgehead atoms. The van der Waals surface area contributed by atoms with Crippen LogP contribution in [0.3, 0.4) is 0 Å². The van der Waals surface area contributed by atoms with Gasteiger partial charge in [-0.2, -0.15) is 10.1 Å². The van der Waals surface area contributed by atoms with Crippen LogP contribution < -0.4 is 5.01 Å². The van der Waals surface area contributed by atoms with E-state index in [1.807, 2.05) is 32.0 Å². The number of ketones is 1. The number of hydrogen-bond donors (Lipinski definition) is 1. The van der Waals surface area contributed by atoms with Crippen molar-refractivity contribution in [2.24, 2.45) is 5.10 Å². The molecule has 0 spiro atoms. The molecule has 33 heavy (non-hydrogen) atoms. The minimum absolute atomic E-state index is 0.0854. The first-order valence-corrected chi connectivity index (χ1v) is 11.0. The average Bonchev–Trinajstić information content (AvgIpc) is 3.51. The van der Waals surface area contributed by atoms with E-state index in [-0.39, 0.29) is 35.9 Å². The first-order chi connectivity index (χ1) is 15.8. The molecule has 2 aromatic rings. The van der Waals surface area contributed by atoms with E-state index in [1.54, 1.807) is 4.90 Å². The summed E-state index contributed by atoms with van der Waals surface area (Å²) in [5.41, 5.74) is 3.13. The van der Waals surface area contributed by atoms with Gasteiger partial charge in [-0.15, -0.1) is 0 Å². The van der Waals surface area contributed by atoms with E-state index < -0.39 is 18.4 Å². The Kier molecular flexibility index (Phi) is 6.39. The average molecular weight is 450 g/mol. The number of aromatic nitrogens is 1. The van der Waals surface area contributed by atoms with E-state index in [0.717, 1.165) is 24.0 Å². The number of carbonyl (C=O) groups excluding carboxylic acids is 4. The maximum Gasteiger partial charge on any atom is 0.354 e. The predicted molar refractivity (Wildman–Crippen MR) is 121 cm³/mol. The number of anilines is 1. The summed E-state index contributed by atoms with van der Waals surface area (Å²) < 4.78 is 5.17. The van der Waals surface area contributed by atoms with Gasteiger partial charge >= 0.3 is 5.97 Å². The Balaban J connectivity index is 1.40. The zero-order valence-electron chi connectivity index (χ0n) is 18.7. The molecule has 2 aliphatic rings. The Bertz CT molecular complexity index is 1140. The molecule has 4 rings (SSSR count). The second kappa shape index (κ2) is 9.40. The van der Waals surface area contributed by atoms with Crippen molar-refractivity contribution in [1.82, 2.24) is 9.88 Å². The molecule has 2 amide bonds. The first-order valence-electron chi connectivity index (χ1n) is 11.0. The predicted octanol–water partition coefficient (Wildman–Crippen LogP) is 2.78. The molecule has 0 saturated carbocycles. The summed E-state index contributed by atoms with van der Waals surface area (Å²) in [7, 11) is 0. The summed E-state index contributed by atoms with van der Waals surface area (Å²) in [4.78, 5) is 54.4. The van der Waals surface area contributed by atoms with E-state index in [9.17, 15) is 19.2 Å². The third-order valence-electron chi connectivity index (χ3n) is 5.82. The fourth-order valence-corrected chi connectivity index (χ4v) is 3.90. The summed E-state index contributed by atoms with van der Waals surface area (Å²) in [5, 5.41) is 5.44. The molecule has 2 aliphatic heterocycles. The fourth-order valence-electron chi connectivity index (χ4n) is 3.90. The summed E-state index contributed by atoms with van der Waals surface area (Å²) in [6.07, 6.45) is 3.66. The lowest BCUT2D eigenvalue weighted by Crippen LogP contribution is -2.35. The highest BCUT2D eigenvalue weighted by Gasteiger charge is 2.28. The third-order valence-corrected chi connectivity index (χ3v) is 5.82. The highest BCUT2D eigenvalue weighted by atomic mass is 16.5. The van der Waals surface area contributed by atoms with Crippen LogP contribution in [0, 0.1) is 13.8 Å².